The average molecular weight is 192 g/mol. The quantitative estimate of drug-likeness (QED) is 0.689. The molecule has 0 aromatic heterocycles. The normalized spacial score (nSPS) is 26.8. The number of carbonyl (C=O) groups is 1. The third-order valence-electron chi connectivity index (χ3n) is 2.41. The SMILES string of the molecule is C=C/C=C1\C(=C/C)CCC1NC(N)=O. The Morgan fingerprint density at radius 1 is 1.71 bits per heavy atom. The summed E-state index contributed by atoms with van der Waals surface area (Å²) in [6.45, 7) is 5.66. The van der Waals surface area contributed by atoms with E-state index in [-0.39, 0.29) is 6.04 Å². The summed E-state index contributed by atoms with van der Waals surface area (Å²) >= 11 is 0. The zero-order chi connectivity index (χ0) is 10.6. The van der Waals surface area contributed by atoms with E-state index >= 15 is 0 Å². The van der Waals surface area contributed by atoms with Crippen LogP contribution in [0.5, 0.6) is 0 Å². The summed E-state index contributed by atoms with van der Waals surface area (Å²) in [5, 5.41) is 2.72. The van der Waals surface area contributed by atoms with Crippen molar-refractivity contribution < 1.29 is 4.79 Å². The van der Waals surface area contributed by atoms with Gasteiger partial charge in [0, 0.05) is 0 Å². The summed E-state index contributed by atoms with van der Waals surface area (Å²) in [5.41, 5.74) is 7.49. The number of hydrogen-bond donors (Lipinski definition) is 2. The van der Waals surface area contributed by atoms with Crippen LogP contribution < -0.4 is 11.1 Å². The molecule has 1 aliphatic carbocycles. The van der Waals surface area contributed by atoms with E-state index in [2.05, 4.69) is 18.0 Å². The second-order valence-corrected chi connectivity index (χ2v) is 3.27. The Labute approximate surface area is 84.4 Å². The van der Waals surface area contributed by atoms with Gasteiger partial charge in [-0.3, -0.25) is 0 Å². The lowest BCUT2D eigenvalue weighted by atomic mass is 10.1. The molecule has 14 heavy (non-hydrogen) atoms. The zero-order valence-electron chi connectivity index (χ0n) is 8.42. The van der Waals surface area contributed by atoms with E-state index in [1.54, 1.807) is 6.08 Å². The number of hydrogen-bond acceptors (Lipinski definition) is 1. The predicted octanol–water partition coefficient (Wildman–Crippen LogP) is 1.88. The molecule has 0 bridgehead atoms. The van der Waals surface area contributed by atoms with Crippen molar-refractivity contribution in [3.8, 4) is 0 Å². The van der Waals surface area contributed by atoms with Crippen LogP contribution in [0.4, 0.5) is 4.79 Å². The van der Waals surface area contributed by atoms with E-state index in [1.807, 2.05) is 13.0 Å². The van der Waals surface area contributed by atoms with Crippen LogP contribution in [0.3, 0.4) is 0 Å². The van der Waals surface area contributed by atoms with Crippen LogP contribution in [0.15, 0.2) is 36.0 Å². The molecule has 3 nitrogen and oxygen atoms in total. The van der Waals surface area contributed by atoms with Crippen LogP contribution in [0.1, 0.15) is 19.8 Å². The minimum atomic E-state index is -0.470. The fourth-order valence-corrected chi connectivity index (χ4v) is 1.81. The number of rotatable bonds is 2. The molecule has 2 amide bonds. The van der Waals surface area contributed by atoms with Gasteiger partial charge in [0.05, 0.1) is 6.04 Å². The molecule has 0 aromatic rings. The monoisotopic (exact) mass is 192 g/mol. The molecule has 1 unspecified atom stereocenters. The highest BCUT2D eigenvalue weighted by atomic mass is 16.2. The van der Waals surface area contributed by atoms with Gasteiger partial charge >= 0.3 is 6.03 Å². The molecule has 0 aromatic carbocycles. The molecule has 0 aliphatic heterocycles. The van der Waals surface area contributed by atoms with Gasteiger partial charge in [-0.2, -0.15) is 0 Å². The molecule has 0 radical (unpaired) electrons. The highest BCUT2D eigenvalue weighted by molar-refractivity contribution is 5.73. The van der Waals surface area contributed by atoms with Crippen molar-refractivity contribution in [2.24, 2.45) is 5.73 Å². The molecule has 3 N–H and O–H groups in total. The molecule has 1 fully saturated rings. The number of carbonyl (C=O) groups excluding carboxylic acids is 1. The Kier molecular flexibility index (Phi) is 3.51. The lowest BCUT2D eigenvalue weighted by molar-refractivity contribution is 0.247. The van der Waals surface area contributed by atoms with Crippen LogP contribution >= 0.6 is 0 Å². The lowest BCUT2D eigenvalue weighted by Gasteiger charge is -2.12. The smallest absolute Gasteiger partial charge is 0.312 e. The average Bonchev–Trinajstić information content (AvgIpc) is 2.48. The first-order valence-electron chi connectivity index (χ1n) is 4.73. The Morgan fingerprint density at radius 2 is 2.43 bits per heavy atom. The number of allylic oxidation sites excluding steroid dienone is 3. The Hall–Kier alpha value is -1.51. The van der Waals surface area contributed by atoms with Gasteiger partial charge in [0.15, 0.2) is 0 Å². The van der Waals surface area contributed by atoms with Crippen molar-refractivity contribution in [1.29, 1.82) is 0 Å². The maximum atomic E-state index is 10.7. The molecule has 1 saturated carbocycles. The van der Waals surface area contributed by atoms with Gasteiger partial charge in [0.1, 0.15) is 0 Å². The first-order chi connectivity index (χ1) is 6.69. The zero-order valence-corrected chi connectivity index (χ0v) is 8.42. The fraction of sp³-hybridized carbons (Fsp3) is 0.364. The molecule has 0 spiro atoms. The van der Waals surface area contributed by atoms with Crippen molar-refractivity contribution in [2.75, 3.05) is 0 Å². The number of nitrogens with two attached hydrogens (primary N) is 1. The van der Waals surface area contributed by atoms with Crippen molar-refractivity contribution in [2.45, 2.75) is 25.8 Å². The lowest BCUT2D eigenvalue weighted by Crippen LogP contribution is -2.37. The van der Waals surface area contributed by atoms with E-state index < -0.39 is 6.03 Å². The molecule has 0 saturated heterocycles. The molecular weight excluding hydrogens is 176 g/mol. The van der Waals surface area contributed by atoms with E-state index in [9.17, 15) is 4.79 Å². The first-order valence-corrected chi connectivity index (χ1v) is 4.73. The second-order valence-electron chi connectivity index (χ2n) is 3.27. The van der Waals surface area contributed by atoms with Crippen LogP contribution in [-0.4, -0.2) is 12.1 Å². The van der Waals surface area contributed by atoms with E-state index in [1.165, 1.54) is 5.57 Å². The van der Waals surface area contributed by atoms with Crippen molar-refractivity contribution in [3.05, 3.63) is 36.0 Å². The predicted molar refractivity (Wildman–Crippen MR) is 57.8 cm³/mol. The second kappa shape index (κ2) is 4.65. The summed E-state index contributed by atoms with van der Waals surface area (Å²) in [5.74, 6) is 0. The number of amides is 2. The highest BCUT2D eigenvalue weighted by Crippen LogP contribution is 2.30. The third-order valence-corrected chi connectivity index (χ3v) is 2.41. The van der Waals surface area contributed by atoms with Crippen LogP contribution in [0.2, 0.25) is 0 Å². The van der Waals surface area contributed by atoms with E-state index in [4.69, 9.17) is 5.73 Å². The van der Waals surface area contributed by atoms with Crippen molar-refractivity contribution in [1.82, 2.24) is 5.32 Å². The van der Waals surface area contributed by atoms with Crippen LogP contribution in [0.25, 0.3) is 0 Å². The Morgan fingerprint density at radius 3 is 2.93 bits per heavy atom. The van der Waals surface area contributed by atoms with Gasteiger partial charge < -0.3 is 11.1 Å². The van der Waals surface area contributed by atoms with Gasteiger partial charge in [0.2, 0.25) is 0 Å². The first kappa shape index (κ1) is 10.6. The van der Waals surface area contributed by atoms with Crippen LogP contribution in [0, 0.1) is 0 Å². The molecule has 1 aliphatic rings. The summed E-state index contributed by atoms with van der Waals surface area (Å²) in [6.07, 6.45) is 7.64. The summed E-state index contributed by atoms with van der Waals surface area (Å²) in [7, 11) is 0. The maximum absolute atomic E-state index is 10.7. The van der Waals surface area contributed by atoms with Gasteiger partial charge in [0.25, 0.3) is 0 Å². The largest absolute Gasteiger partial charge is 0.352 e. The molecule has 3 heteroatoms. The van der Waals surface area contributed by atoms with Gasteiger partial charge in [-0.15, -0.1) is 0 Å². The van der Waals surface area contributed by atoms with Crippen molar-refractivity contribution in [3.63, 3.8) is 0 Å². The molecular formula is C11H16N2O. The Bertz CT molecular complexity index is 302. The standard InChI is InChI=1S/C11H16N2O/c1-3-5-9-8(4-2)6-7-10(9)13-11(12)14/h3-5,10H,1,6-7H2,2H3,(H3,12,13,14)/b8-4-,9-5+. The topological polar surface area (TPSA) is 55.1 Å². The number of urea groups is 1. The third kappa shape index (κ3) is 2.25. The maximum Gasteiger partial charge on any atom is 0.312 e. The van der Waals surface area contributed by atoms with Gasteiger partial charge in [-0.25, -0.2) is 4.79 Å². The van der Waals surface area contributed by atoms with Crippen LogP contribution in [-0.2, 0) is 0 Å². The minimum Gasteiger partial charge on any atom is -0.352 e. The molecule has 1 rings (SSSR count). The summed E-state index contributed by atoms with van der Waals surface area (Å²) < 4.78 is 0. The summed E-state index contributed by atoms with van der Waals surface area (Å²) in [4.78, 5) is 10.7. The van der Waals surface area contributed by atoms with Gasteiger partial charge in [-0.05, 0) is 30.9 Å². The Balaban J connectivity index is 2.84. The molecule has 1 atom stereocenters. The molecule has 0 heterocycles. The van der Waals surface area contributed by atoms with Crippen molar-refractivity contribution >= 4 is 6.03 Å². The highest BCUT2D eigenvalue weighted by Gasteiger charge is 2.24. The van der Waals surface area contributed by atoms with E-state index in [0.29, 0.717) is 0 Å². The fourth-order valence-electron chi connectivity index (χ4n) is 1.81. The number of nitrogens with one attached hydrogen (secondary N) is 1. The molecule has 76 valence electrons. The summed E-state index contributed by atoms with van der Waals surface area (Å²) in [6, 6.07) is -0.418. The number of primary amides is 1. The minimum absolute atomic E-state index is 0.0525. The van der Waals surface area contributed by atoms with E-state index in [0.717, 1.165) is 18.4 Å². The van der Waals surface area contributed by atoms with Gasteiger partial charge in [-0.1, -0.05) is 24.8 Å².